The van der Waals surface area contributed by atoms with Crippen molar-refractivity contribution in [1.29, 1.82) is 0 Å². The minimum absolute atomic E-state index is 0. The largest absolute Gasteiger partial charge is 0.316 e. The quantitative estimate of drug-likeness (QED) is 0.594. The van der Waals surface area contributed by atoms with Crippen molar-refractivity contribution in [1.82, 2.24) is 10.0 Å². The van der Waals surface area contributed by atoms with Crippen molar-refractivity contribution >= 4 is 28.1 Å². The molecule has 1 aromatic carbocycles. The molecule has 1 aliphatic rings. The van der Waals surface area contributed by atoms with Crippen LogP contribution in [0.5, 0.6) is 0 Å². The van der Waals surface area contributed by atoms with Gasteiger partial charge in [0.05, 0.1) is 9.82 Å². The molecule has 0 aromatic heterocycles. The average molecular weight is 364 g/mol. The molecule has 1 heterocycles. The Morgan fingerprint density at radius 1 is 1.43 bits per heavy atom. The van der Waals surface area contributed by atoms with Crippen molar-refractivity contribution in [2.24, 2.45) is 5.92 Å². The summed E-state index contributed by atoms with van der Waals surface area (Å²) in [6.45, 7) is 3.74. The molecule has 0 amide bonds. The molecule has 2 rings (SSSR count). The number of hydrogen-bond donors (Lipinski definition) is 2. The van der Waals surface area contributed by atoms with E-state index >= 15 is 0 Å². The summed E-state index contributed by atoms with van der Waals surface area (Å²) >= 11 is 0. The summed E-state index contributed by atoms with van der Waals surface area (Å²) in [5.74, 6) is 0.475. The molecule has 0 aliphatic carbocycles. The van der Waals surface area contributed by atoms with Crippen molar-refractivity contribution < 1.29 is 13.3 Å². The molecule has 2 N–H and O–H groups in total. The van der Waals surface area contributed by atoms with Crippen LogP contribution in [0.25, 0.3) is 0 Å². The monoisotopic (exact) mass is 363 g/mol. The maximum Gasteiger partial charge on any atom is 0.273 e. The summed E-state index contributed by atoms with van der Waals surface area (Å²) in [6, 6.07) is 4.10. The van der Waals surface area contributed by atoms with Crippen molar-refractivity contribution in [3.63, 3.8) is 0 Å². The highest BCUT2D eigenvalue weighted by molar-refractivity contribution is 7.89. The van der Waals surface area contributed by atoms with Gasteiger partial charge in [-0.25, -0.2) is 13.1 Å². The van der Waals surface area contributed by atoms with Gasteiger partial charge in [-0.05, 0) is 51.3 Å². The molecule has 0 spiro atoms. The summed E-state index contributed by atoms with van der Waals surface area (Å²) in [5.41, 5.74) is -0.0151. The summed E-state index contributed by atoms with van der Waals surface area (Å²) < 4.78 is 27.2. The zero-order chi connectivity index (χ0) is 16.2. The van der Waals surface area contributed by atoms with Crippen LogP contribution in [-0.4, -0.2) is 33.0 Å². The Bertz CT molecular complexity index is 645. The Morgan fingerprint density at radius 3 is 2.78 bits per heavy atom. The SMILES string of the molecule is Cc1c([N+](=O)[O-])cccc1S(=O)(=O)NCCC1CCCNC1.Cl. The number of rotatable bonds is 6. The number of benzene rings is 1. The minimum atomic E-state index is -3.72. The van der Waals surface area contributed by atoms with Crippen LogP contribution in [-0.2, 0) is 10.0 Å². The first kappa shape index (κ1) is 19.8. The van der Waals surface area contributed by atoms with Crippen molar-refractivity contribution in [2.45, 2.75) is 31.1 Å². The second kappa shape index (κ2) is 8.58. The number of nitrogens with one attached hydrogen (secondary N) is 2. The van der Waals surface area contributed by atoms with E-state index in [4.69, 9.17) is 0 Å². The summed E-state index contributed by atoms with van der Waals surface area (Å²) in [4.78, 5) is 10.3. The van der Waals surface area contributed by atoms with E-state index in [-0.39, 0.29) is 28.6 Å². The molecule has 1 unspecified atom stereocenters. The molecule has 1 atom stereocenters. The number of sulfonamides is 1. The molecule has 130 valence electrons. The molecule has 0 saturated carbocycles. The van der Waals surface area contributed by atoms with E-state index in [0.717, 1.165) is 32.4 Å². The number of piperidine rings is 1. The van der Waals surface area contributed by atoms with Crippen LogP contribution in [0.1, 0.15) is 24.8 Å². The highest BCUT2D eigenvalue weighted by Crippen LogP contribution is 2.24. The molecule has 1 fully saturated rings. The topological polar surface area (TPSA) is 101 Å². The third kappa shape index (κ3) is 5.13. The van der Waals surface area contributed by atoms with Gasteiger partial charge in [0.2, 0.25) is 10.0 Å². The van der Waals surface area contributed by atoms with Crippen LogP contribution < -0.4 is 10.0 Å². The van der Waals surface area contributed by atoms with Gasteiger partial charge >= 0.3 is 0 Å². The first-order valence-electron chi connectivity index (χ1n) is 7.36. The lowest BCUT2D eigenvalue weighted by Gasteiger charge is -2.22. The van der Waals surface area contributed by atoms with Gasteiger partial charge in [0.1, 0.15) is 0 Å². The molecule has 0 bridgehead atoms. The minimum Gasteiger partial charge on any atom is -0.316 e. The standard InChI is InChI=1S/C14H21N3O4S.ClH/c1-11-13(17(18)19)5-2-6-14(11)22(20,21)16-9-7-12-4-3-8-15-10-12;/h2,5-6,12,15-16H,3-4,7-10H2,1H3;1H. The van der Waals surface area contributed by atoms with Gasteiger partial charge in [-0.1, -0.05) is 6.07 Å². The summed E-state index contributed by atoms with van der Waals surface area (Å²) in [6.07, 6.45) is 2.98. The maximum absolute atomic E-state index is 12.3. The fourth-order valence-electron chi connectivity index (χ4n) is 2.74. The van der Waals surface area contributed by atoms with Crippen LogP contribution in [0.15, 0.2) is 23.1 Å². The van der Waals surface area contributed by atoms with Gasteiger partial charge < -0.3 is 5.32 Å². The second-order valence-electron chi connectivity index (χ2n) is 5.56. The van der Waals surface area contributed by atoms with E-state index in [9.17, 15) is 18.5 Å². The molecule has 23 heavy (non-hydrogen) atoms. The van der Waals surface area contributed by atoms with Gasteiger partial charge in [-0.2, -0.15) is 0 Å². The highest BCUT2D eigenvalue weighted by Gasteiger charge is 2.23. The predicted octanol–water partition coefficient (Wildman–Crippen LogP) is 1.99. The van der Waals surface area contributed by atoms with E-state index in [0.29, 0.717) is 12.5 Å². The Morgan fingerprint density at radius 2 is 2.17 bits per heavy atom. The average Bonchev–Trinajstić information content (AvgIpc) is 2.48. The molecule has 7 nitrogen and oxygen atoms in total. The Labute approximate surface area is 142 Å². The van der Waals surface area contributed by atoms with Gasteiger partial charge in [0.15, 0.2) is 0 Å². The van der Waals surface area contributed by atoms with Crippen LogP contribution in [0.4, 0.5) is 5.69 Å². The van der Waals surface area contributed by atoms with Crippen LogP contribution >= 0.6 is 12.4 Å². The second-order valence-corrected chi connectivity index (χ2v) is 7.29. The Kier molecular flexibility index (Phi) is 7.40. The van der Waals surface area contributed by atoms with Crippen LogP contribution in [0.2, 0.25) is 0 Å². The third-order valence-electron chi connectivity index (χ3n) is 3.99. The van der Waals surface area contributed by atoms with Crippen LogP contribution in [0.3, 0.4) is 0 Å². The predicted molar refractivity (Wildman–Crippen MR) is 90.5 cm³/mol. The number of nitrogens with zero attached hydrogens (tertiary/aromatic N) is 1. The first-order chi connectivity index (χ1) is 10.4. The van der Waals surface area contributed by atoms with Gasteiger partial charge in [0, 0.05) is 18.2 Å². The number of hydrogen-bond acceptors (Lipinski definition) is 5. The van der Waals surface area contributed by atoms with E-state index in [1.807, 2.05) is 0 Å². The summed E-state index contributed by atoms with van der Waals surface area (Å²) in [7, 11) is -3.72. The van der Waals surface area contributed by atoms with Crippen molar-refractivity contribution in [2.75, 3.05) is 19.6 Å². The molecular formula is C14H22ClN3O4S. The van der Waals surface area contributed by atoms with Gasteiger partial charge in [-0.15, -0.1) is 12.4 Å². The van der Waals surface area contributed by atoms with E-state index in [1.54, 1.807) is 0 Å². The van der Waals surface area contributed by atoms with Crippen LogP contribution in [0, 0.1) is 23.0 Å². The lowest BCUT2D eigenvalue weighted by molar-refractivity contribution is -0.385. The van der Waals surface area contributed by atoms with E-state index < -0.39 is 14.9 Å². The smallest absolute Gasteiger partial charge is 0.273 e. The molecular weight excluding hydrogens is 342 g/mol. The third-order valence-corrected chi connectivity index (χ3v) is 5.59. The lowest BCUT2D eigenvalue weighted by Crippen LogP contribution is -2.33. The molecule has 1 saturated heterocycles. The highest BCUT2D eigenvalue weighted by atomic mass is 35.5. The fourth-order valence-corrected chi connectivity index (χ4v) is 4.04. The first-order valence-corrected chi connectivity index (χ1v) is 8.84. The molecule has 9 heteroatoms. The van der Waals surface area contributed by atoms with Gasteiger partial charge in [-0.3, -0.25) is 10.1 Å². The number of nitro groups is 1. The van der Waals surface area contributed by atoms with Crippen molar-refractivity contribution in [3.8, 4) is 0 Å². The Balaban J connectivity index is 0.00000264. The molecule has 1 aliphatic heterocycles. The lowest BCUT2D eigenvalue weighted by atomic mass is 9.96. The number of nitro benzene ring substituents is 1. The molecule has 1 aromatic rings. The van der Waals surface area contributed by atoms with Gasteiger partial charge in [0.25, 0.3) is 5.69 Å². The van der Waals surface area contributed by atoms with Crippen molar-refractivity contribution in [3.05, 3.63) is 33.9 Å². The zero-order valence-electron chi connectivity index (χ0n) is 12.9. The Hall–Kier alpha value is -1.22. The van der Waals surface area contributed by atoms with E-state index in [2.05, 4.69) is 10.0 Å². The maximum atomic E-state index is 12.3. The van der Waals surface area contributed by atoms with E-state index in [1.165, 1.54) is 25.1 Å². The molecule has 0 radical (unpaired) electrons. The number of halogens is 1. The zero-order valence-corrected chi connectivity index (χ0v) is 14.6. The normalized spacial score (nSPS) is 18.2. The summed E-state index contributed by atoms with van der Waals surface area (Å²) in [5, 5.41) is 14.2. The fraction of sp³-hybridized carbons (Fsp3) is 0.571.